The normalized spacial score (nSPS) is 23.0. The van der Waals surface area contributed by atoms with E-state index in [0.29, 0.717) is 5.56 Å². The van der Waals surface area contributed by atoms with Gasteiger partial charge in [0, 0.05) is 41.5 Å². The van der Waals surface area contributed by atoms with Gasteiger partial charge in [0.2, 0.25) is 0 Å². The highest BCUT2D eigenvalue weighted by Gasteiger charge is 2.43. The number of piperidine rings is 1. The van der Waals surface area contributed by atoms with E-state index in [1.54, 1.807) is 6.20 Å². The lowest BCUT2D eigenvalue weighted by molar-refractivity contribution is 0.0582. The van der Waals surface area contributed by atoms with Crippen LogP contribution in [-0.2, 0) is 0 Å². The van der Waals surface area contributed by atoms with Crippen molar-refractivity contribution in [3.8, 4) is 0 Å². The fourth-order valence-electron chi connectivity index (χ4n) is 5.13. The third-order valence-electron chi connectivity index (χ3n) is 6.54. The number of pyridine rings is 1. The first-order valence-electron chi connectivity index (χ1n) is 10.4. The van der Waals surface area contributed by atoms with Crippen molar-refractivity contribution in [2.24, 2.45) is 5.73 Å². The average molecular weight is 403 g/mol. The number of anilines is 1. The number of nitrogens with zero attached hydrogens (tertiary/aromatic N) is 2. The van der Waals surface area contributed by atoms with Crippen molar-refractivity contribution in [2.45, 2.75) is 50.7 Å². The van der Waals surface area contributed by atoms with Crippen molar-refractivity contribution in [3.63, 3.8) is 0 Å². The van der Waals surface area contributed by atoms with Crippen LogP contribution in [0.3, 0.4) is 0 Å². The third-order valence-corrected chi connectivity index (χ3v) is 6.54. The molecule has 2 aromatic heterocycles. The Hall–Kier alpha value is -3.35. The number of nitrogens with two attached hydrogens (primary N) is 1. The van der Waals surface area contributed by atoms with Crippen molar-refractivity contribution in [1.82, 2.24) is 14.9 Å². The summed E-state index contributed by atoms with van der Waals surface area (Å²) in [7, 11) is 0. The largest absolute Gasteiger partial charge is 0.381 e. The lowest BCUT2D eigenvalue weighted by Gasteiger charge is -2.40. The Morgan fingerprint density at radius 1 is 1.13 bits per heavy atom. The molecular formula is C23H25N5O2. The van der Waals surface area contributed by atoms with Crippen LogP contribution >= 0.6 is 0 Å². The number of carbonyl (C=O) groups is 2. The Labute approximate surface area is 174 Å². The van der Waals surface area contributed by atoms with Gasteiger partial charge in [-0.1, -0.05) is 18.2 Å². The maximum Gasteiger partial charge on any atom is 0.254 e. The molecule has 0 spiro atoms. The van der Waals surface area contributed by atoms with Crippen LogP contribution in [0.1, 0.15) is 52.0 Å². The highest BCUT2D eigenvalue weighted by atomic mass is 16.2. The molecule has 0 unspecified atom stereocenters. The van der Waals surface area contributed by atoms with Crippen LogP contribution < -0.4 is 11.1 Å². The molecule has 2 amide bonds. The van der Waals surface area contributed by atoms with Crippen LogP contribution in [0.5, 0.6) is 0 Å². The number of H-pyrrole nitrogens is 1. The molecule has 2 bridgehead atoms. The van der Waals surface area contributed by atoms with Gasteiger partial charge in [-0.2, -0.15) is 0 Å². The molecule has 4 N–H and O–H groups in total. The number of carbonyl (C=O) groups excluding carboxylic acids is 2. The summed E-state index contributed by atoms with van der Waals surface area (Å²) in [5.41, 5.74) is 9.26. The quantitative estimate of drug-likeness (QED) is 0.622. The topological polar surface area (TPSA) is 104 Å². The third kappa shape index (κ3) is 3.01. The summed E-state index contributed by atoms with van der Waals surface area (Å²) in [5, 5.41) is 4.43. The summed E-state index contributed by atoms with van der Waals surface area (Å²) in [4.78, 5) is 34.7. The first kappa shape index (κ1) is 18.7. The Morgan fingerprint density at radius 2 is 1.87 bits per heavy atom. The summed E-state index contributed by atoms with van der Waals surface area (Å²) in [5.74, 6) is -0.364. The molecule has 5 rings (SSSR count). The van der Waals surface area contributed by atoms with Crippen LogP contribution in [0.4, 0.5) is 5.69 Å². The number of amides is 2. The predicted octanol–water partition coefficient (Wildman–Crippen LogP) is 3.22. The second kappa shape index (κ2) is 7.16. The van der Waals surface area contributed by atoms with Gasteiger partial charge in [0.15, 0.2) is 0 Å². The fraction of sp³-hybridized carbons (Fsp3) is 0.348. The number of aromatic nitrogens is 2. The zero-order valence-corrected chi connectivity index (χ0v) is 16.9. The fourth-order valence-corrected chi connectivity index (χ4v) is 5.13. The summed E-state index contributed by atoms with van der Waals surface area (Å²) in [6, 6.07) is 10.3. The molecule has 2 aliphatic rings. The number of hydrogen-bond donors (Lipinski definition) is 3. The molecular weight excluding hydrogens is 378 g/mol. The number of aryl methyl sites for hydroxylation is 1. The van der Waals surface area contributed by atoms with E-state index in [-0.39, 0.29) is 24.0 Å². The zero-order chi connectivity index (χ0) is 20.8. The Bertz CT molecular complexity index is 1120. The minimum Gasteiger partial charge on any atom is -0.381 e. The highest BCUT2D eigenvalue weighted by Crippen LogP contribution is 2.39. The number of primary amides is 1. The van der Waals surface area contributed by atoms with Crippen molar-refractivity contribution >= 4 is 28.5 Å². The highest BCUT2D eigenvalue weighted by molar-refractivity contribution is 6.06. The van der Waals surface area contributed by atoms with Crippen LogP contribution in [0, 0.1) is 6.92 Å². The SMILES string of the molecule is Cc1ccccc1C(=O)N1[C@@H]2CC[C@H]1C[C@H](Nc1c(C(N)=O)cnc3[nH]ccc13)C2. The summed E-state index contributed by atoms with van der Waals surface area (Å²) in [6.45, 7) is 1.99. The minimum atomic E-state index is -0.497. The molecule has 4 heterocycles. The molecule has 154 valence electrons. The van der Waals surface area contributed by atoms with Crippen LogP contribution in [0.2, 0.25) is 0 Å². The van der Waals surface area contributed by atoms with E-state index in [1.807, 2.05) is 37.3 Å². The molecule has 3 atom stereocenters. The number of fused-ring (bicyclic) bond motifs is 3. The number of rotatable bonds is 4. The van der Waals surface area contributed by atoms with Gasteiger partial charge in [-0.25, -0.2) is 4.98 Å². The summed E-state index contributed by atoms with van der Waals surface area (Å²) >= 11 is 0. The van der Waals surface area contributed by atoms with Gasteiger partial charge in [-0.3, -0.25) is 9.59 Å². The van der Waals surface area contributed by atoms with Crippen molar-refractivity contribution in [3.05, 3.63) is 59.4 Å². The van der Waals surface area contributed by atoms with E-state index in [4.69, 9.17) is 5.73 Å². The van der Waals surface area contributed by atoms with Crippen LogP contribution in [-0.4, -0.2) is 44.8 Å². The first-order valence-corrected chi connectivity index (χ1v) is 10.4. The van der Waals surface area contributed by atoms with Crippen molar-refractivity contribution in [2.75, 3.05) is 5.32 Å². The predicted molar refractivity (Wildman–Crippen MR) is 115 cm³/mol. The van der Waals surface area contributed by atoms with Crippen LogP contribution in [0.25, 0.3) is 11.0 Å². The molecule has 3 aromatic rings. The van der Waals surface area contributed by atoms with E-state index in [0.717, 1.165) is 53.5 Å². The second-order valence-electron chi connectivity index (χ2n) is 8.38. The molecule has 2 fully saturated rings. The molecule has 7 heteroatoms. The Balaban J connectivity index is 1.40. The van der Waals surface area contributed by atoms with Gasteiger partial charge in [0.1, 0.15) is 5.65 Å². The smallest absolute Gasteiger partial charge is 0.254 e. The van der Waals surface area contributed by atoms with Gasteiger partial charge < -0.3 is 20.9 Å². The standard InChI is InChI=1S/C23H25N5O2/c1-13-4-2-3-5-17(13)23(30)28-15-6-7-16(28)11-14(10-15)27-20-18-8-9-25-22(18)26-12-19(20)21(24)29/h2-5,8-9,12,14-16H,6-7,10-11H2,1H3,(H2,24,29)(H2,25,26,27)/t14-,15-,16+. The van der Waals surface area contributed by atoms with E-state index in [9.17, 15) is 9.59 Å². The monoisotopic (exact) mass is 403 g/mol. The van der Waals surface area contributed by atoms with Gasteiger partial charge in [-0.15, -0.1) is 0 Å². The Morgan fingerprint density at radius 3 is 2.57 bits per heavy atom. The summed E-state index contributed by atoms with van der Waals surface area (Å²) < 4.78 is 0. The zero-order valence-electron chi connectivity index (χ0n) is 16.9. The molecule has 1 aromatic carbocycles. The van der Waals surface area contributed by atoms with E-state index in [2.05, 4.69) is 20.2 Å². The lowest BCUT2D eigenvalue weighted by Crippen LogP contribution is -2.50. The van der Waals surface area contributed by atoms with E-state index < -0.39 is 5.91 Å². The maximum absolute atomic E-state index is 13.3. The molecule has 0 radical (unpaired) electrons. The second-order valence-corrected chi connectivity index (χ2v) is 8.38. The number of nitrogens with one attached hydrogen (secondary N) is 2. The van der Waals surface area contributed by atoms with Gasteiger partial charge in [-0.05, 0) is 50.3 Å². The van der Waals surface area contributed by atoms with Crippen LogP contribution in [0.15, 0.2) is 42.7 Å². The number of hydrogen-bond acceptors (Lipinski definition) is 4. The van der Waals surface area contributed by atoms with Crippen molar-refractivity contribution < 1.29 is 9.59 Å². The molecule has 7 nitrogen and oxygen atoms in total. The molecule has 2 saturated heterocycles. The minimum absolute atomic E-state index is 0.133. The number of aromatic amines is 1. The van der Waals surface area contributed by atoms with E-state index >= 15 is 0 Å². The molecule has 0 saturated carbocycles. The van der Waals surface area contributed by atoms with Gasteiger partial charge >= 0.3 is 0 Å². The van der Waals surface area contributed by atoms with Crippen molar-refractivity contribution in [1.29, 1.82) is 0 Å². The summed E-state index contributed by atoms with van der Waals surface area (Å²) in [6.07, 6.45) is 7.05. The maximum atomic E-state index is 13.3. The average Bonchev–Trinajstić information content (AvgIpc) is 3.30. The lowest BCUT2D eigenvalue weighted by atomic mass is 9.95. The Kier molecular flexibility index (Phi) is 4.46. The molecule has 30 heavy (non-hydrogen) atoms. The molecule has 0 aliphatic carbocycles. The number of benzene rings is 1. The van der Waals surface area contributed by atoms with Gasteiger partial charge in [0.05, 0.1) is 11.3 Å². The van der Waals surface area contributed by atoms with Gasteiger partial charge in [0.25, 0.3) is 11.8 Å². The van der Waals surface area contributed by atoms with E-state index in [1.165, 1.54) is 6.20 Å². The molecule has 2 aliphatic heterocycles. The first-order chi connectivity index (χ1) is 14.5.